The molecule has 8 nitrogen and oxygen atoms in total. The van der Waals surface area contributed by atoms with E-state index in [1.165, 1.54) is 12.1 Å². The Kier molecular flexibility index (Phi) is 4.34. The average molecular weight is 429 g/mol. The van der Waals surface area contributed by atoms with Crippen molar-refractivity contribution in [2.45, 2.75) is 37.6 Å². The summed E-state index contributed by atoms with van der Waals surface area (Å²) in [5.74, 6) is 0.326. The third-order valence-corrected chi connectivity index (χ3v) is 5.82. The van der Waals surface area contributed by atoms with Gasteiger partial charge in [0.15, 0.2) is 5.82 Å². The third kappa shape index (κ3) is 3.55. The number of carbonyl (C=O) groups is 1. The van der Waals surface area contributed by atoms with Crippen molar-refractivity contribution in [3.63, 3.8) is 0 Å². The summed E-state index contributed by atoms with van der Waals surface area (Å²) in [5, 5.41) is 10.9. The van der Waals surface area contributed by atoms with Gasteiger partial charge in [-0.1, -0.05) is 6.07 Å². The minimum Gasteiger partial charge on any atom is -0.309 e. The molecule has 2 aliphatic rings. The number of carbonyl (C=O) groups excluding carboxylic acids is 1. The quantitative estimate of drug-likeness (QED) is 0.498. The zero-order valence-corrected chi connectivity index (χ0v) is 17.1. The summed E-state index contributed by atoms with van der Waals surface area (Å²) >= 11 is 0. The predicted molar refractivity (Wildman–Crippen MR) is 115 cm³/mol. The molecular formula is C23H20FN7O. The fraction of sp³-hybridized carbons (Fsp3) is 0.261. The summed E-state index contributed by atoms with van der Waals surface area (Å²) in [6.45, 7) is 0. The van der Waals surface area contributed by atoms with E-state index < -0.39 is 11.7 Å². The second-order valence-electron chi connectivity index (χ2n) is 8.30. The van der Waals surface area contributed by atoms with E-state index in [2.05, 4.69) is 25.5 Å². The number of rotatable bonds is 6. The van der Waals surface area contributed by atoms with E-state index in [9.17, 15) is 9.18 Å². The van der Waals surface area contributed by atoms with E-state index in [0.29, 0.717) is 35.0 Å². The molecular weight excluding hydrogens is 409 g/mol. The molecule has 0 spiro atoms. The Morgan fingerprint density at radius 2 is 1.97 bits per heavy atom. The molecule has 2 saturated carbocycles. The topological polar surface area (TPSA) is 90.5 Å². The van der Waals surface area contributed by atoms with Crippen LogP contribution in [0.3, 0.4) is 0 Å². The molecule has 0 radical (unpaired) electrons. The number of imidazole rings is 1. The van der Waals surface area contributed by atoms with Crippen molar-refractivity contribution in [3.8, 4) is 17.2 Å². The van der Waals surface area contributed by atoms with Crippen LogP contribution in [-0.4, -0.2) is 35.2 Å². The highest BCUT2D eigenvalue weighted by Gasteiger charge is 2.27. The number of halogens is 1. The first-order chi connectivity index (χ1) is 15.7. The van der Waals surface area contributed by atoms with Gasteiger partial charge in [0.25, 0.3) is 5.91 Å². The van der Waals surface area contributed by atoms with Crippen LogP contribution in [0.4, 0.5) is 10.2 Å². The fourth-order valence-corrected chi connectivity index (χ4v) is 3.78. The normalized spacial score (nSPS) is 15.7. The van der Waals surface area contributed by atoms with E-state index in [-0.39, 0.29) is 5.56 Å². The van der Waals surface area contributed by atoms with Crippen LogP contribution in [0.5, 0.6) is 0 Å². The lowest BCUT2D eigenvalue weighted by Crippen LogP contribution is -2.15. The number of anilines is 1. The minimum absolute atomic E-state index is 0.0578. The molecule has 1 amide bonds. The van der Waals surface area contributed by atoms with Crippen LogP contribution in [0.1, 0.15) is 53.7 Å². The highest BCUT2D eigenvalue weighted by atomic mass is 19.1. The van der Waals surface area contributed by atoms with Gasteiger partial charge in [0, 0.05) is 23.8 Å². The van der Waals surface area contributed by atoms with Crippen molar-refractivity contribution < 1.29 is 9.18 Å². The first-order valence-electron chi connectivity index (χ1n) is 10.7. The van der Waals surface area contributed by atoms with Gasteiger partial charge < -0.3 is 14.5 Å². The Hall–Kier alpha value is -3.88. The molecule has 0 bridgehead atoms. The minimum atomic E-state index is -0.599. The number of nitrogens with zero attached hydrogens (tertiary/aromatic N) is 6. The molecule has 1 N–H and O–H groups in total. The molecule has 0 aliphatic heterocycles. The summed E-state index contributed by atoms with van der Waals surface area (Å²) in [5.41, 5.74) is 2.25. The van der Waals surface area contributed by atoms with Gasteiger partial charge in [0.1, 0.15) is 23.7 Å². The molecule has 3 heterocycles. The lowest BCUT2D eigenvalue weighted by atomic mass is 10.1. The van der Waals surface area contributed by atoms with Crippen molar-refractivity contribution in [2.75, 3.05) is 5.32 Å². The molecule has 9 heteroatoms. The van der Waals surface area contributed by atoms with Crippen LogP contribution in [0.25, 0.3) is 17.2 Å². The average Bonchev–Trinajstić information content (AvgIpc) is 3.74. The maximum absolute atomic E-state index is 14.5. The van der Waals surface area contributed by atoms with Gasteiger partial charge in [-0.05, 0) is 56.0 Å². The molecule has 2 fully saturated rings. The van der Waals surface area contributed by atoms with Crippen LogP contribution in [-0.2, 0) is 0 Å². The number of hydrogen-bond donors (Lipinski definition) is 1. The Balaban J connectivity index is 1.25. The van der Waals surface area contributed by atoms with E-state index in [0.717, 1.165) is 31.4 Å². The summed E-state index contributed by atoms with van der Waals surface area (Å²) in [6, 6.07) is 10.1. The van der Waals surface area contributed by atoms with E-state index >= 15 is 0 Å². The number of amides is 1. The first-order valence-corrected chi connectivity index (χ1v) is 10.7. The van der Waals surface area contributed by atoms with Crippen molar-refractivity contribution in [3.05, 3.63) is 72.3 Å². The van der Waals surface area contributed by atoms with Crippen molar-refractivity contribution in [2.24, 2.45) is 0 Å². The van der Waals surface area contributed by atoms with Gasteiger partial charge in [-0.2, -0.15) is 0 Å². The first kappa shape index (κ1) is 18.9. The SMILES string of the molecule is O=C(Nc1cccc(-c2nncn2C2CC2)n1)c1cc(-n2cnc(C3CC3)c2)ccc1F. The summed E-state index contributed by atoms with van der Waals surface area (Å²) in [7, 11) is 0. The van der Waals surface area contributed by atoms with Gasteiger partial charge in [-0.3, -0.25) is 4.79 Å². The molecule has 0 atom stereocenters. The Bertz CT molecular complexity index is 1320. The van der Waals surface area contributed by atoms with Crippen molar-refractivity contribution >= 4 is 11.7 Å². The Labute approximate surface area is 183 Å². The molecule has 1 aromatic carbocycles. The lowest BCUT2D eigenvalue weighted by molar-refractivity contribution is 0.102. The van der Waals surface area contributed by atoms with E-state index in [1.54, 1.807) is 30.9 Å². The second kappa shape index (κ2) is 7.37. The largest absolute Gasteiger partial charge is 0.309 e. The third-order valence-electron chi connectivity index (χ3n) is 5.82. The molecule has 0 unspecified atom stereocenters. The van der Waals surface area contributed by atoms with Crippen molar-refractivity contribution in [1.29, 1.82) is 0 Å². The second-order valence-corrected chi connectivity index (χ2v) is 8.30. The molecule has 6 rings (SSSR count). The van der Waals surface area contributed by atoms with Gasteiger partial charge in [0.2, 0.25) is 0 Å². The maximum atomic E-state index is 14.5. The van der Waals surface area contributed by atoms with Crippen LogP contribution < -0.4 is 5.32 Å². The van der Waals surface area contributed by atoms with Gasteiger partial charge in [-0.25, -0.2) is 14.4 Å². The summed E-state index contributed by atoms with van der Waals surface area (Å²) in [4.78, 5) is 21.8. The van der Waals surface area contributed by atoms with Crippen molar-refractivity contribution in [1.82, 2.24) is 29.3 Å². The van der Waals surface area contributed by atoms with Gasteiger partial charge in [0.05, 0.1) is 17.6 Å². The lowest BCUT2D eigenvalue weighted by Gasteiger charge is -2.10. The predicted octanol–water partition coefficient (Wildman–Crippen LogP) is 4.13. The molecule has 2 aliphatic carbocycles. The highest BCUT2D eigenvalue weighted by Crippen LogP contribution is 2.39. The Morgan fingerprint density at radius 1 is 1.09 bits per heavy atom. The molecule has 0 saturated heterocycles. The molecule has 4 aromatic rings. The molecule has 3 aromatic heterocycles. The van der Waals surface area contributed by atoms with Crippen LogP contribution in [0, 0.1) is 5.82 Å². The maximum Gasteiger partial charge on any atom is 0.259 e. The fourth-order valence-electron chi connectivity index (χ4n) is 3.78. The van der Waals surface area contributed by atoms with E-state index in [1.807, 2.05) is 21.4 Å². The monoisotopic (exact) mass is 429 g/mol. The zero-order chi connectivity index (χ0) is 21.7. The zero-order valence-electron chi connectivity index (χ0n) is 17.1. The summed E-state index contributed by atoms with van der Waals surface area (Å²) < 4.78 is 18.3. The standard InChI is InChI=1S/C23H20FN7O/c24-18-9-8-16(30-11-20(25-12-30)14-4-5-14)10-17(18)23(32)28-21-3-1-2-19(27-21)22-29-26-13-31(22)15-6-7-15/h1-3,8-15H,4-7H2,(H,27,28,32). The highest BCUT2D eigenvalue weighted by molar-refractivity contribution is 6.04. The number of pyridine rings is 1. The molecule has 160 valence electrons. The van der Waals surface area contributed by atoms with Gasteiger partial charge in [-0.15, -0.1) is 10.2 Å². The Morgan fingerprint density at radius 3 is 2.78 bits per heavy atom. The number of benzene rings is 1. The number of nitrogens with one attached hydrogen (secondary N) is 1. The van der Waals surface area contributed by atoms with E-state index in [4.69, 9.17) is 0 Å². The number of hydrogen-bond acceptors (Lipinski definition) is 5. The van der Waals surface area contributed by atoms with Gasteiger partial charge >= 0.3 is 0 Å². The summed E-state index contributed by atoms with van der Waals surface area (Å²) in [6.07, 6.45) is 9.82. The molecule has 32 heavy (non-hydrogen) atoms. The van der Waals surface area contributed by atoms with Crippen LogP contribution in [0.15, 0.2) is 55.2 Å². The van der Waals surface area contributed by atoms with Crippen LogP contribution >= 0.6 is 0 Å². The van der Waals surface area contributed by atoms with Crippen LogP contribution in [0.2, 0.25) is 0 Å². The number of aromatic nitrogens is 6. The smallest absolute Gasteiger partial charge is 0.259 e.